The largest absolute Gasteiger partial charge is 0.476 e. The zero-order valence-corrected chi connectivity index (χ0v) is 45.0. The van der Waals surface area contributed by atoms with Crippen LogP contribution in [0.1, 0.15) is 102 Å². The molecule has 70 heavy (non-hydrogen) atoms. The average molecular weight is 993 g/mol. The van der Waals surface area contributed by atoms with Crippen molar-refractivity contribution in [2.75, 3.05) is 30.9 Å². The number of fused-ring (bicyclic) bond motifs is 2. The zero-order valence-electron chi connectivity index (χ0n) is 43.0. The number of carboxylic acids is 1. The predicted molar refractivity (Wildman–Crippen MR) is 280 cm³/mol. The molecule has 2 aromatic carbocycles. The maximum atomic E-state index is 12.7. The van der Waals surface area contributed by atoms with Gasteiger partial charge in [0.05, 0.1) is 36.9 Å². The van der Waals surface area contributed by atoms with E-state index in [1.54, 1.807) is 21.8 Å². The Morgan fingerprint density at radius 2 is 1.44 bits per heavy atom. The summed E-state index contributed by atoms with van der Waals surface area (Å²) in [6, 6.07) is 21.3. The van der Waals surface area contributed by atoms with Gasteiger partial charge in [0.2, 0.25) is 0 Å². The zero-order chi connectivity index (χ0) is 50.9. The summed E-state index contributed by atoms with van der Waals surface area (Å²) >= 11 is 0. The smallest absolute Gasteiger partial charge is 0.356 e. The van der Waals surface area contributed by atoms with Gasteiger partial charge in [-0.3, -0.25) is 19.3 Å². The number of amides is 1. The van der Waals surface area contributed by atoms with Crippen molar-refractivity contribution in [3.63, 3.8) is 0 Å². The molecule has 4 aromatic heterocycles. The molecule has 0 saturated carbocycles. The summed E-state index contributed by atoms with van der Waals surface area (Å²) < 4.78 is 17.8. The molecule has 4 heterocycles. The van der Waals surface area contributed by atoms with E-state index in [2.05, 4.69) is 110 Å². The lowest BCUT2D eigenvalue weighted by atomic mass is 9.75. The molecule has 0 saturated heterocycles. The molecule has 378 valence electrons. The van der Waals surface area contributed by atoms with Gasteiger partial charge in [0.1, 0.15) is 6.73 Å². The number of H-pyrrole nitrogens is 1. The first kappa shape index (κ1) is 53.7. The Morgan fingerprint density at radius 3 is 2.01 bits per heavy atom. The number of carbonyl (C=O) groups excluding carboxylic acids is 1. The fourth-order valence-corrected chi connectivity index (χ4v) is 10.1. The lowest BCUT2D eigenvalue weighted by molar-refractivity contribution is 0.0662. The molecule has 0 fully saturated rings. The highest BCUT2D eigenvalue weighted by Crippen LogP contribution is 2.42. The molecule has 2 unspecified atom stereocenters. The van der Waals surface area contributed by atoms with Crippen LogP contribution in [0.2, 0.25) is 43.8 Å². The summed E-state index contributed by atoms with van der Waals surface area (Å²) in [5.74, 6) is -1.19. The molecule has 2 aliphatic carbocycles. The van der Waals surface area contributed by atoms with Crippen LogP contribution in [0.5, 0.6) is 0 Å². The number of aromatic carboxylic acids is 1. The number of hydrogen-bond acceptors (Lipinski definition) is 10. The molecule has 6 N–H and O–H groups in total. The van der Waals surface area contributed by atoms with Gasteiger partial charge in [-0.15, -0.1) is 0 Å². The normalized spacial score (nSPS) is 17.9. The van der Waals surface area contributed by atoms with Crippen molar-refractivity contribution < 1.29 is 29.0 Å². The predicted octanol–water partition coefficient (Wildman–Crippen LogP) is 9.32. The molecule has 16 nitrogen and oxygen atoms in total. The minimum Gasteiger partial charge on any atom is -0.476 e. The van der Waals surface area contributed by atoms with E-state index in [1.165, 1.54) is 5.56 Å². The van der Waals surface area contributed by atoms with Crippen LogP contribution in [0.4, 0.5) is 11.4 Å². The molecule has 0 spiro atoms. The second kappa shape index (κ2) is 22.6. The Kier molecular flexibility index (Phi) is 17.3. The van der Waals surface area contributed by atoms with Gasteiger partial charge < -0.3 is 30.4 Å². The minimum absolute atomic E-state index is 0.0194. The van der Waals surface area contributed by atoms with Crippen LogP contribution >= 0.6 is 0 Å². The molecule has 2 aliphatic rings. The number of carbonyl (C=O) groups is 2. The van der Waals surface area contributed by atoms with E-state index in [0.29, 0.717) is 50.0 Å². The highest BCUT2D eigenvalue weighted by atomic mass is 28.4. The molecule has 0 radical (unpaired) electrons. The number of ether oxygens (including phenoxy) is 1. The summed E-state index contributed by atoms with van der Waals surface area (Å²) in [6.45, 7) is 25.9. The van der Waals surface area contributed by atoms with Crippen LogP contribution in [0.25, 0.3) is 0 Å². The number of aliphatic hydroxyl groups excluding tert-OH is 1. The van der Waals surface area contributed by atoms with Crippen LogP contribution in [0.3, 0.4) is 0 Å². The van der Waals surface area contributed by atoms with Gasteiger partial charge in [-0.05, 0) is 84.7 Å². The number of nitrogen functional groups attached to an aromatic ring is 1. The lowest BCUT2D eigenvalue weighted by Crippen LogP contribution is -2.44. The van der Waals surface area contributed by atoms with Gasteiger partial charge in [-0.25, -0.2) is 9.48 Å². The number of aromatic amines is 1. The van der Waals surface area contributed by atoms with E-state index in [9.17, 15) is 19.8 Å². The molecule has 2 atom stereocenters. The van der Waals surface area contributed by atoms with Crippen LogP contribution in [-0.4, -0.2) is 97.8 Å². The number of hydrogen-bond donors (Lipinski definition) is 5. The number of rotatable bonds is 16. The Balaban J connectivity index is 0.000000184. The highest BCUT2D eigenvalue weighted by molar-refractivity contribution is 6.76. The van der Waals surface area contributed by atoms with E-state index < -0.39 is 22.4 Å². The number of aliphatic hydroxyl groups is 1. The van der Waals surface area contributed by atoms with E-state index in [1.807, 2.05) is 65.6 Å². The molecule has 0 aliphatic heterocycles. The first-order valence-corrected chi connectivity index (χ1v) is 31.0. The Morgan fingerprint density at radius 1 is 0.843 bits per heavy atom. The monoisotopic (exact) mass is 993 g/mol. The molecule has 8 rings (SSSR count). The van der Waals surface area contributed by atoms with Gasteiger partial charge in [-0.2, -0.15) is 20.4 Å². The topological polar surface area (TPSA) is 213 Å². The second-order valence-corrected chi connectivity index (χ2v) is 32.9. The number of aromatic nitrogens is 8. The first-order chi connectivity index (χ1) is 33.0. The van der Waals surface area contributed by atoms with E-state index >= 15 is 0 Å². The Hall–Kier alpha value is -5.67. The van der Waals surface area contributed by atoms with Gasteiger partial charge in [-0.1, -0.05) is 115 Å². The maximum Gasteiger partial charge on any atom is 0.356 e. The SMILES string of the molecule is CC1(CO)CCc2c(C(=O)Nc3cnn(Cc4ccccc4)c3)n[nH]c2C1.CC1(CO[Si](C)(C)C(C)(C)C)CCc2c(C(=O)O)nn(COCC[Si](C)(C)C)c2C1.Nc1cnn(Cc2ccccc2)c1. The number of nitrogens with two attached hydrogens (primary N) is 1. The standard InChI is InChI=1S/C22H42N2O4Si2.C20H23N5O2.C10H11N3/c1-21(2,3)30(8,9)28-15-22(4)11-10-17-18(14-22)24(23-19(17)20(25)26)16-27-12-13-29(5,6)7;1-20(13-26)8-7-16-17(9-20)23-24-18(16)19(27)22-15-10-21-25(12-15)11-14-5-3-2-4-6-14;11-10-6-12-13(8-10)7-9-4-2-1-3-5-9/h10-16H2,1-9H3,(H,25,26);2-6,10,12,26H,7-9,11,13H2,1H3,(H,22,27)(H,23,24);1-6,8H,7,11H2. The van der Waals surface area contributed by atoms with E-state index in [0.717, 1.165) is 72.8 Å². The fraction of sp³-hybridized carbons (Fsp3) is 0.500. The van der Waals surface area contributed by atoms with Gasteiger partial charge in [0.25, 0.3) is 5.91 Å². The van der Waals surface area contributed by atoms with Gasteiger partial charge in [0, 0.05) is 62.8 Å². The van der Waals surface area contributed by atoms with Crippen LogP contribution in [0.15, 0.2) is 85.5 Å². The van der Waals surface area contributed by atoms with E-state index in [4.69, 9.17) is 14.9 Å². The third-order valence-electron chi connectivity index (χ3n) is 13.8. The number of anilines is 2. The molecular formula is C52H76N10O6Si2. The van der Waals surface area contributed by atoms with Crippen LogP contribution in [-0.2, 0) is 54.7 Å². The van der Waals surface area contributed by atoms with Gasteiger partial charge >= 0.3 is 5.97 Å². The van der Waals surface area contributed by atoms with Crippen LogP contribution < -0.4 is 11.1 Å². The number of benzene rings is 2. The second-order valence-electron chi connectivity index (χ2n) is 22.5. The summed E-state index contributed by atoms with van der Waals surface area (Å²) in [7, 11) is -3.00. The van der Waals surface area contributed by atoms with Crippen molar-refractivity contribution in [2.24, 2.45) is 10.8 Å². The quantitative estimate of drug-likeness (QED) is 0.0455. The Labute approximate surface area is 415 Å². The molecule has 18 heteroatoms. The third kappa shape index (κ3) is 14.7. The van der Waals surface area contributed by atoms with Crippen LogP contribution in [0, 0.1) is 10.8 Å². The van der Waals surface area contributed by atoms with Crippen molar-refractivity contribution in [1.29, 1.82) is 0 Å². The number of nitrogens with one attached hydrogen (secondary N) is 2. The van der Waals surface area contributed by atoms with Crippen molar-refractivity contribution in [1.82, 2.24) is 39.5 Å². The average Bonchev–Trinajstić information content (AvgIpc) is 4.11. The minimum atomic E-state index is -1.84. The summed E-state index contributed by atoms with van der Waals surface area (Å²) in [4.78, 5) is 24.4. The van der Waals surface area contributed by atoms with Crippen molar-refractivity contribution in [2.45, 2.75) is 137 Å². The molecule has 1 amide bonds. The molecular weight excluding hydrogens is 917 g/mol. The van der Waals surface area contributed by atoms with Crippen molar-refractivity contribution >= 4 is 39.6 Å². The third-order valence-corrected chi connectivity index (χ3v) is 20.0. The maximum absolute atomic E-state index is 12.7. The van der Waals surface area contributed by atoms with Gasteiger partial charge in [0.15, 0.2) is 19.7 Å². The number of nitrogens with zero attached hydrogens (tertiary/aromatic N) is 7. The molecule has 0 bridgehead atoms. The summed E-state index contributed by atoms with van der Waals surface area (Å²) in [5.41, 5.74) is 13.5. The molecule has 6 aromatic rings. The lowest BCUT2D eigenvalue weighted by Gasteiger charge is -2.41. The Bertz CT molecular complexity index is 2650. The first-order valence-electron chi connectivity index (χ1n) is 24.4. The van der Waals surface area contributed by atoms with Crippen molar-refractivity contribution in [3.05, 3.63) is 130 Å². The highest BCUT2D eigenvalue weighted by Gasteiger charge is 2.42. The summed E-state index contributed by atoms with van der Waals surface area (Å²) in [6.07, 6.45) is 11.6. The van der Waals surface area contributed by atoms with Crippen molar-refractivity contribution in [3.8, 4) is 0 Å². The fourth-order valence-electron chi connectivity index (χ4n) is 8.21. The van der Waals surface area contributed by atoms with E-state index in [-0.39, 0.29) is 34.1 Å². The number of carboxylic acid groups (broad SMARTS) is 1. The summed E-state index contributed by atoms with van der Waals surface area (Å²) in [5, 5.41) is 42.3.